The minimum absolute atomic E-state index is 0.0260. The molecule has 0 aliphatic carbocycles. The highest BCUT2D eigenvalue weighted by molar-refractivity contribution is 7.17. The smallest absolute Gasteiger partial charge is 0.262 e. The summed E-state index contributed by atoms with van der Waals surface area (Å²) in [4.78, 5) is 35.6. The first-order chi connectivity index (χ1) is 16.0. The maximum absolute atomic E-state index is 13.1. The first kappa shape index (κ1) is 23.6. The number of hydrogen-bond donors (Lipinski definition) is 1. The van der Waals surface area contributed by atoms with E-state index < -0.39 is 0 Å². The minimum atomic E-state index is -0.0872. The molecule has 2 aromatic heterocycles. The Bertz CT molecular complexity index is 1130. The van der Waals surface area contributed by atoms with E-state index in [4.69, 9.17) is 0 Å². The van der Waals surface area contributed by atoms with Crippen LogP contribution in [0.5, 0.6) is 0 Å². The van der Waals surface area contributed by atoms with Crippen molar-refractivity contribution < 1.29 is 4.79 Å². The van der Waals surface area contributed by atoms with Gasteiger partial charge in [0, 0.05) is 56.6 Å². The van der Waals surface area contributed by atoms with Crippen LogP contribution in [0.3, 0.4) is 0 Å². The van der Waals surface area contributed by atoms with E-state index >= 15 is 0 Å². The molecule has 0 atom stereocenters. The molecule has 0 spiro atoms. The minimum Gasteiger partial charge on any atom is -0.356 e. The lowest BCUT2D eigenvalue weighted by molar-refractivity contribution is -0.121. The number of carbonyl (C=O) groups excluding carboxylic acids is 1. The number of hydrogen-bond acceptors (Lipinski definition) is 6. The van der Waals surface area contributed by atoms with Gasteiger partial charge in [0.15, 0.2) is 0 Å². The lowest BCUT2D eigenvalue weighted by Gasteiger charge is -2.33. The van der Waals surface area contributed by atoms with Crippen molar-refractivity contribution in [2.75, 3.05) is 45.8 Å². The van der Waals surface area contributed by atoms with E-state index in [-0.39, 0.29) is 17.9 Å². The fourth-order valence-corrected chi connectivity index (χ4v) is 5.15. The van der Waals surface area contributed by atoms with Gasteiger partial charge in [-0.25, -0.2) is 4.98 Å². The van der Waals surface area contributed by atoms with E-state index in [0.29, 0.717) is 18.5 Å². The summed E-state index contributed by atoms with van der Waals surface area (Å²) in [6.07, 6.45) is 2.77. The number of amides is 1. The van der Waals surface area contributed by atoms with Gasteiger partial charge in [0.2, 0.25) is 5.91 Å². The summed E-state index contributed by atoms with van der Waals surface area (Å²) in [6.45, 7) is 11.8. The standard InChI is InChI=1S/C25H33N5O2S/c1-3-28-13-15-29(16-14-28)11-4-10-26-22(31)9-12-30-18-27-24-23(25(30)32)21(17-33-24)20-7-5-19(2)6-8-20/h5-8,17-18H,3-4,9-16H2,1-2H3,(H,26,31). The molecule has 0 unspecified atom stereocenters. The van der Waals surface area contributed by atoms with Crippen LogP contribution >= 0.6 is 11.3 Å². The summed E-state index contributed by atoms with van der Waals surface area (Å²) in [5, 5.41) is 5.62. The number of carbonyl (C=O) groups is 1. The molecule has 0 radical (unpaired) electrons. The molecule has 1 amide bonds. The molecule has 1 saturated heterocycles. The second-order valence-electron chi connectivity index (χ2n) is 8.67. The monoisotopic (exact) mass is 467 g/mol. The summed E-state index contributed by atoms with van der Waals surface area (Å²) >= 11 is 1.48. The van der Waals surface area contributed by atoms with Crippen molar-refractivity contribution in [3.8, 4) is 11.1 Å². The second-order valence-corrected chi connectivity index (χ2v) is 9.53. The van der Waals surface area contributed by atoms with Crippen molar-refractivity contribution in [2.24, 2.45) is 0 Å². The van der Waals surface area contributed by atoms with Crippen LogP contribution in [0, 0.1) is 6.92 Å². The Kier molecular flexibility index (Phi) is 7.90. The van der Waals surface area contributed by atoms with Gasteiger partial charge in [0.25, 0.3) is 5.56 Å². The van der Waals surface area contributed by atoms with Crippen LogP contribution in [-0.4, -0.2) is 71.1 Å². The molecule has 3 heterocycles. The van der Waals surface area contributed by atoms with Crippen LogP contribution < -0.4 is 10.9 Å². The van der Waals surface area contributed by atoms with E-state index in [9.17, 15) is 9.59 Å². The maximum atomic E-state index is 13.1. The number of aryl methyl sites for hydroxylation is 2. The summed E-state index contributed by atoms with van der Waals surface area (Å²) in [5.41, 5.74) is 3.01. The van der Waals surface area contributed by atoms with Crippen molar-refractivity contribution in [2.45, 2.75) is 33.2 Å². The summed E-state index contributed by atoms with van der Waals surface area (Å²) in [5.74, 6) is -0.0260. The summed E-state index contributed by atoms with van der Waals surface area (Å²) in [6, 6.07) is 8.15. The molecule has 8 heteroatoms. The molecule has 7 nitrogen and oxygen atoms in total. The molecule has 4 rings (SSSR count). The van der Waals surface area contributed by atoms with Crippen molar-refractivity contribution in [1.29, 1.82) is 0 Å². The van der Waals surface area contributed by atoms with Gasteiger partial charge in [-0.05, 0) is 32.0 Å². The Hall–Kier alpha value is -2.55. The molecule has 1 aliphatic heterocycles. The number of thiophene rings is 1. The fraction of sp³-hybridized carbons (Fsp3) is 0.480. The first-order valence-corrected chi connectivity index (χ1v) is 12.7. The maximum Gasteiger partial charge on any atom is 0.262 e. The van der Waals surface area contributed by atoms with Gasteiger partial charge >= 0.3 is 0 Å². The topological polar surface area (TPSA) is 70.5 Å². The van der Waals surface area contributed by atoms with Crippen molar-refractivity contribution in [3.05, 3.63) is 51.9 Å². The highest BCUT2D eigenvalue weighted by atomic mass is 32.1. The average molecular weight is 468 g/mol. The molecule has 0 bridgehead atoms. The molecular formula is C25H33N5O2S. The molecule has 33 heavy (non-hydrogen) atoms. The quantitative estimate of drug-likeness (QED) is 0.490. The van der Waals surface area contributed by atoms with Crippen LogP contribution in [0.4, 0.5) is 0 Å². The third-order valence-electron chi connectivity index (χ3n) is 6.39. The lowest BCUT2D eigenvalue weighted by Crippen LogP contribution is -2.46. The van der Waals surface area contributed by atoms with E-state index in [2.05, 4.69) is 27.0 Å². The van der Waals surface area contributed by atoms with Gasteiger partial charge < -0.3 is 15.1 Å². The van der Waals surface area contributed by atoms with Gasteiger partial charge in [0.05, 0.1) is 11.7 Å². The third kappa shape index (κ3) is 5.88. The molecule has 1 aliphatic rings. The molecule has 176 valence electrons. The van der Waals surface area contributed by atoms with E-state index in [1.165, 1.54) is 16.9 Å². The average Bonchev–Trinajstić information content (AvgIpc) is 3.27. The molecule has 3 aromatic rings. The molecule has 0 saturated carbocycles. The van der Waals surface area contributed by atoms with Gasteiger partial charge in [-0.2, -0.15) is 0 Å². The van der Waals surface area contributed by atoms with E-state index in [1.54, 1.807) is 10.9 Å². The van der Waals surface area contributed by atoms with Gasteiger partial charge in [0.1, 0.15) is 4.83 Å². The Balaban J connectivity index is 1.29. The number of aromatic nitrogens is 2. The largest absolute Gasteiger partial charge is 0.356 e. The van der Waals surface area contributed by atoms with Crippen LogP contribution in [0.25, 0.3) is 21.3 Å². The van der Waals surface area contributed by atoms with Gasteiger partial charge in [-0.1, -0.05) is 36.8 Å². The molecular weight excluding hydrogens is 434 g/mol. The zero-order valence-corrected chi connectivity index (χ0v) is 20.4. The molecule has 1 N–H and O–H groups in total. The number of benzene rings is 1. The van der Waals surface area contributed by atoms with Gasteiger partial charge in [-0.3, -0.25) is 14.2 Å². The van der Waals surface area contributed by atoms with E-state index in [1.807, 2.05) is 36.6 Å². The van der Waals surface area contributed by atoms with E-state index in [0.717, 1.165) is 61.6 Å². The normalized spacial score (nSPS) is 15.2. The highest BCUT2D eigenvalue weighted by Crippen LogP contribution is 2.30. The predicted molar refractivity (Wildman–Crippen MR) is 135 cm³/mol. The van der Waals surface area contributed by atoms with Crippen LogP contribution in [-0.2, 0) is 11.3 Å². The molecule has 1 fully saturated rings. The highest BCUT2D eigenvalue weighted by Gasteiger charge is 2.15. The van der Waals surface area contributed by atoms with Crippen molar-refractivity contribution in [3.63, 3.8) is 0 Å². The van der Waals surface area contributed by atoms with Crippen molar-refractivity contribution >= 4 is 27.5 Å². The van der Waals surface area contributed by atoms with Crippen LogP contribution in [0.15, 0.2) is 40.8 Å². The number of rotatable bonds is 9. The lowest BCUT2D eigenvalue weighted by atomic mass is 10.1. The Morgan fingerprint density at radius 1 is 1.09 bits per heavy atom. The molecule has 1 aromatic carbocycles. The zero-order chi connectivity index (χ0) is 23.2. The summed E-state index contributed by atoms with van der Waals surface area (Å²) in [7, 11) is 0. The van der Waals surface area contributed by atoms with Gasteiger partial charge in [-0.15, -0.1) is 11.3 Å². The number of nitrogens with one attached hydrogen (secondary N) is 1. The number of likely N-dealkylation sites (N-methyl/N-ethyl adjacent to an activating group) is 1. The Labute approximate surface area is 199 Å². The Morgan fingerprint density at radius 3 is 2.55 bits per heavy atom. The SMILES string of the molecule is CCN1CCN(CCCNC(=O)CCn2cnc3scc(-c4ccc(C)cc4)c3c2=O)CC1. The number of piperazine rings is 1. The van der Waals surface area contributed by atoms with Crippen molar-refractivity contribution in [1.82, 2.24) is 24.7 Å². The number of nitrogens with zero attached hydrogens (tertiary/aromatic N) is 4. The zero-order valence-electron chi connectivity index (χ0n) is 19.5. The van der Waals surface area contributed by atoms with Crippen LogP contribution in [0.2, 0.25) is 0 Å². The Morgan fingerprint density at radius 2 is 1.82 bits per heavy atom. The summed E-state index contributed by atoms with van der Waals surface area (Å²) < 4.78 is 1.56. The number of fused-ring (bicyclic) bond motifs is 1. The predicted octanol–water partition coefficient (Wildman–Crippen LogP) is 2.97. The first-order valence-electron chi connectivity index (χ1n) is 11.8. The fourth-order valence-electron chi connectivity index (χ4n) is 4.24. The third-order valence-corrected chi connectivity index (χ3v) is 7.27. The second kappa shape index (κ2) is 11.0. The van der Waals surface area contributed by atoms with Crippen LogP contribution in [0.1, 0.15) is 25.3 Å².